The summed E-state index contributed by atoms with van der Waals surface area (Å²) in [5.41, 5.74) is -0.230. The second-order valence-electron chi connectivity index (χ2n) is 5.56. The molecule has 28 heavy (non-hydrogen) atoms. The van der Waals surface area contributed by atoms with Crippen molar-refractivity contribution in [3.63, 3.8) is 0 Å². The van der Waals surface area contributed by atoms with E-state index in [1.54, 1.807) is 31.4 Å². The number of methoxy groups -OCH3 is 1. The molecule has 0 saturated carbocycles. The molecule has 9 heteroatoms. The second kappa shape index (κ2) is 8.94. The van der Waals surface area contributed by atoms with E-state index in [4.69, 9.17) is 9.47 Å². The van der Waals surface area contributed by atoms with E-state index in [9.17, 15) is 13.2 Å². The Bertz CT molecular complexity index is 939. The number of halogens is 3. The topological polar surface area (TPSA) is 68.3 Å². The first kappa shape index (κ1) is 19.3. The van der Waals surface area contributed by atoms with Crippen LogP contribution in [0.3, 0.4) is 0 Å². The van der Waals surface area contributed by atoms with Gasteiger partial charge in [0.2, 0.25) is 5.95 Å². The van der Waals surface area contributed by atoms with Gasteiger partial charge in [0.25, 0.3) is 0 Å². The first-order valence-electron chi connectivity index (χ1n) is 8.31. The molecule has 2 aromatic carbocycles. The monoisotopic (exact) mass is 390 g/mol. The third-order valence-electron chi connectivity index (χ3n) is 3.67. The van der Waals surface area contributed by atoms with Crippen molar-refractivity contribution >= 4 is 17.5 Å². The Morgan fingerprint density at radius 3 is 2.43 bits per heavy atom. The zero-order chi connectivity index (χ0) is 19.9. The largest absolute Gasteiger partial charge is 0.497 e. The Morgan fingerprint density at radius 1 is 0.929 bits per heavy atom. The maximum atomic E-state index is 13.7. The van der Waals surface area contributed by atoms with Gasteiger partial charge in [-0.1, -0.05) is 0 Å². The van der Waals surface area contributed by atoms with Crippen LogP contribution in [-0.2, 0) is 0 Å². The van der Waals surface area contributed by atoms with Gasteiger partial charge < -0.3 is 20.1 Å². The van der Waals surface area contributed by atoms with Crippen LogP contribution in [-0.4, -0.2) is 30.2 Å². The van der Waals surface area contributed by atoms with Crippen molar-refractivity contribution in [2.24, 2.45) is 0 Å². The number of rotatable bonds is 8. The van der Waals surface area contributed by atoms with Crippen molar-refractivity contribution in [2.75, 3.05) is 30.9 Å². The highest BCUT2D eigenvalue weighted by Gasteiger charge is 2.13. The molecule has 0 aliphatic rings. The molecule has 0 aliphatic heterocycles. The molecule has 0 radical (unpaired) electrons. The van der Waals surface area contributed by atoms with Crippen molar-refractivity contribution in [3.8, 4) is 11.5 Å². The molecule has 3 aromatic rings. The molecule has 3 rings (SSSR count). The fourth-order valence-corrected chi connectivity index (χ4v) is 2.28. The molecule has 0 atom stereocenters. The predicted octanol–water partition coefficient (Wildman–Crippen LogP) is 4.14. The van der Waals surface area contributed by atoms with Crippen LogP contribution in [0.4, 0.5) is 30.6 Å². The number of anilines is 3. The highest BCUT2D eigenvalue weighted by atomic mass is 19.2. The summed E-state index contributed by atoms with van der Waals surface area (Å²) in [6.07, 6.45) is 1.44. The van der Waals surface area contributed by atoms with Crippen LogP contribution < -0.4 is 20.1 Å². The number of nitrogens with one attached hydrogen (secondary N) is 2. The lowest BCUT2D eigenvalue weighted by molar-refractivity contribution is 0.331. The van der Waals surface area contributed by atoms with E-state index in [2.05, 4.69) is 20.6 Å². The number of nitrogens with zero attached hydrogens (tertiary/aromatic N) is 2. The van der Waals surface area contributed by atoms with Gasteiger partial charge in [-0.25, -0.2) is 18.2 Å². The van der Waals surface area contributed by atoms with E-state index < -0.39 is 17.5 Å². The van der Waals surface area contributed by atoms with E-state index in [0.717, 1.165) is 17.9 Å². The van der Waals surface area contributed by atoms with Gasteiger partial charge in [0, 0.05) is 6.20 Å². The minimum Gasteiger partial charge on any atom is -0.497 e. The molecule has 0 aliphatic carbocycles. The van der Waals surface area contributed by atoms with E-state index in [0.29, 0.717) is 18.9 Å². The minimum atomic E-state index is -1.55. The average Bonchev–Trinajstić information content (AvgIpc) is 2.72. The van der Waals surface area contributed by atoms with E-state index in [1.165, 1.54) is 12.3 Å². The highest BCUT2D eigenvalue weighted by molar-refractivity contribution is 5.57. The van der Waals surface area contributed by atoms with Gasteiger partial charge in [-0.2, -0.15) is 4.98 Å². The Kier molecular flexibility index (Phi) is 6.15. The molecule has 1 heterocycles. The molecule has 0 fully saturated rings. The zero-order valence-electron chi connectivity index (χ0n) is 14.9. The van der Waals surface area contributed by atoms with Crippen molar-refractivity contribution in [1.29, 1.82) is 0 Å². The Hall–Kier alpha value is -3.49. The molecule has 0 bridgehead atoms. The second-order valence-corrected chi connectivity index (χ2v) is 5.56. The summed E-state index contributed by atoms with van der Waals surface area (Å²) in [7, 11) is 1.59. The Balaban J connectivity index is 1.54. The summed E-state index contributed by atoms with van der Waals surface area (Å²) in [6.45, 7) is 0.764. The summed E-state index contributed by atoms with van der Waals surface area (Å²) >= 11 is 0. The molecule has 0 saturated heterocycles. The molecule has 0 unspecified atom stereocenters. The van der Waals surface area contributed by atoms with Crippen molar-refractivity contribution in [3.05, 3.63) is 66.1 Å². The van der Waals surface area contributed by atoms with Crippen LogP contribution in [0.1, 0.15) is 0 Å². The van der Waals surface area contributed by atoms with Crippen molar-refractivity contribution in [1.82, 2.24) is 9.97 Å². The van der Waals surface area contributed by atoms with Crippen LogP contribution in [0.25, 0.3) is 0 Å². The molecular weight excluding hydrogens is 373 g/mol. The van der Waals surface area contributed by atoms with Gasteiger partial charge in [-0.05, 0) is 42.5 Å². The van der Waals surface area contributed by atoms with E-state index >= 15 is 0 Å². The van der Waals surface area contributed by atoms with Crippen LogP contribution in [0.5, 0.6) is 11.5 Å². The Morgan fingerprint density at radius 2 is 1.68 bits per heavy atom. The van der Waals surface area contributed by atoms with Gasteiger partial charge >= 0.3 is 0 Å². The number of benzene rings is 2. The molecule has 6 nitrogen and oxygen atoms in total. The molecule has 2 N–H and O–H groups in total. The van der Waals surface area contributed by atoms with Gasteiger partial charge in [0.05, 0.1) is 19.3 Å². The van der Waals surface area contributed by atoms with Crippen LogP contribution >= 0.6 is 0 Å². The minimum absolute atomic E-state index is 0.221. The maximum absolute atomic E-state index is 13.7. The van der Waals surface area contributed by atoms with Crippen molar-refractivity contribution in [2.45, 2.75) is 0 Å². The first-order valence-corrected chi connectivity index (χ1v) is 8.31. The predicted molar refractivity (Wildman–Crippen MR) is 98.6 cm³/mol. The summed E-state index contributed by atoms with van der Waals surface area (Å²) in [4.78, 5) is 8.18. The lowest BCUT2D eigenvalue weighted by Crippen LogP contribution is -2.13. The summed E-state index contributed by atoms with van der Waals surface area (Å²) < 4.78 is 50.7. The molecule has 0 spiro atoms. The average molecular weight is 390 g/mol. The SMILES string of the molecule is COc1ccc(OCCNc2nccc(Nc3ccc(F)c(F)c3F)n2)cc1. The molecule has 146 valence electrons. The first-order chi connectivity index (χ1) is 13.6. The standard InChI is InChI=1S/C19H17F3N4O2/c1-27-12-2-4-13(5-3-12)28-11-10-24-19-23-9-8-16(26-19)25-15-7-6-14(20)17(21)18(15)22/h2-9H,10-11H2,1H3,(H2,23,24,25,26). The lowest BCUT2D eigenvalue weighted by Gasteiger charge is -2.10. The third kappa shape index (κ3) is 4.81. The van der Waals surface area contributed by atoms with Crippen LogP contribution in [0.2, 0.25) is 0 Å². The molecule has 1 aromatic heterocycles. The van der Waals surface area contributed by atoms with E-state index in [-0.39, 0.29) is 17.5 Å². The Labute approximate surface area is 159 Å². The highest BCUT2D eigenvalue weighted by Crippen LogP contribution is 2.23. The lowest BCUT2D eigenvalue weighted by atomic mass is 10.3. The number of aromatic nitrogens is 2. The molecular formula is C19H17F3N4O2. The fourth-order valence-electron chi connectivity index (χ4n) is 2.28. The van der Waals surface area contributed by atoms with Crippen LogP contribution in [0, 0.1) is 17.5 Å². The number of hydrogen-bond acceptors (Lipinski definition) is 6. The molecule has 0 amide bonds. The summed E-state index contributed by atoms with van der Waals surface area (Å²) in [6, 6.07) is 10.5. The maximum Gasteiger partial charge on any atom is 0.224 e. The van der Waals surface area contributed by atoms with Gasteiger partial charge in [0.15, 0.2) is 17.5 Å². The van der Waals surface area contributed by atoms with Gasteiger partial charge in [0.1, 0.15) is 23.9 Å². The summed E-state index contributed by atoms with van der Waals surface area (Å²) in [5.74, 6) is -2.21. The zero-order valence-corrected chi connectivity index (χ0v) is 14.9. The smallest absolute Gasteiger partial charge is 0.224 e. The van der Waals surface area contributed by atoms with E-state index in [1.807, 2.05) is 0 Å². The van der Waals surface area contributed by atoms with Gasteiger partial charge in [-0.3, -0.25) is 0 Å². The summed E-state index contributed by atoms with van der Waals surface area (Å²) in [5, 5.41) is 5.55. The quantitative estimate of drug-likeness (QED) is 0.445. The normalized spacial score (nSPS) is 10.4. The van der Waals surface area contributed by atoms with Crippen molar-refractivity contribution < 1.29 is 22.6 Å². The number of ether oxygens (including phenoxy) is 2. The third-order valence-corrected chi connectivity index (χ3v) is 3.67. The van der Waals surface area contributed by atoms with Crippen LogP contribution in [0.15, 0.2) is 48.7 Å². The fraction of sp³-hybridized carbons (Fsp3) is 0.158. The van der Waals surface area contributed by atoms with Gasteiger partial charge in [-0.15, -0.1) is 0 Å². The number of hydrogen-bond donors (Lipinski definition) is 2.